The first kappa shape index (κ1) is 9.98. The largest absolute Gasteiger partial charge is 0.469 e. The van der Waals surface area contributed by atoms with E-state index in [0.717, 1.165) is 0 Å². The number of rotatable bonds is 3. The van der Waals surface area contributed by atoms with Crippen LogP contribution in [-0.4, -0.2) is 43.5 Å². The van der Waals surface area contributed by atoms with Crippen LogP contribution >= 0.6 is 0 Å². The van der Waals surface area contributed by atoms with E-state index in [2.05, 4.69) is 4.74 Å². The Labute approximate surface area is 76.8 Å². The van der Waals surface area contributed by atoms with Gasteiger partial charge in [-0.15, -0.1) is 0 Å². The molecule has 13 heavy (non-hydrogen) atoms. The van der Waals surface area contributed by atoms with E-state index in [4.69, 9.17) is 5.73 Å². The topological polar surface area (TPSA) is 72.6 Å². The van der Waals surface area contributed by atoms with Crippen LogP contribution in [0.15, 0.2) is 0 Å². The van der Waals surface area contributed by atoms with E-state index >= 15 is 0 Å². The van der Waals surface area contributed by atoms with Gasteiger partial charge in [-0.3, -0.25) is 9.59 Å². The van der Waals surface area contributed by atoms with Gasteiger partial charge in [0.05, 0.1) is 13.0 Å². The van der Waals surface area contributed by atoms with Crippen LogP contribution in [0.5, 0.6) is 0 Å². The Hall–Kier alpha value is -1.10. The fraction of sp³-hybridized carbons (Fsp3) is 0.750. The molecule has 1 heterocycles. The zero-order valence-electron chi connectivity index (χ0n) is 7.66. The smallest absolute Gasteiger partial charge is 0.310 e. The maximum atomic E-state index is 11.3. The van der Waals surface area contributed by atoms with Gasteiger partial charge >= 0.3 is 5.97 Å². The lowest BCUT2D eigenvalue weighted by Crippen LogP contribution is -2.31. The van der Waals surface area contributed by atoms with E-state index in [-0.39, 0.29) is 24.2 Å². The van der Waals surface area contributed by atoms with Crippen LogP contribution in [0.4, 0.5) is 0 Å². The summed E-state index contributed by atoms with van der Waals surface area (Å²) in [6.07, 6.45) is 0.257. The third-order valence-corrected chi connectivity index (χ3v) is 2.15. The van der Waals surface area contributed by atoms with E-state index in [9.17, 15) is 9.59 Å². The third kappa shape index (κ3) is 2.18. The van der Waals surface area contributed by atoms with E-state index in [0.29, 0.717) is 19.6 Å². The average molecular weight is 186 g/mol. The second-order valence-corrected chi connectivity index (χ2v) is 3.05. The second-order valence-electron chi connectivity index (χ2n) is 3.05. The molecular weight excluding hydrogens is 172 g/mol. The second kappa shape index (κ2) is 4.23. The van der Waals surface area contributed by atoms with Gasteiger partial charge in [-0.25, -0.2) is 0 Å². The van der Waals surface area contributed by atoms with Crippen molar-refractivity contribution in [2.24, 2.45) is 11.7 Å². The van der Waals surface area contributed by atoms with Gasteiger partial charge in [0, 0.05) is 26.1 Å². The molecule has 1 rings (SSSR count). The highest BCUT2D eigenvalue weighted by Gasteiger charge is 2.34. The molecule has 1 unspecified atom stereocenters. The van der Waals surface area contributed by atoms with E-state index in [1.807, 2.05) is 0 Å². The number of carbonyl (C=O) groups excluding carboxylic acids is 2. The molecule has 1 fully saturated rings. The summed E-state index contributed by atoms with van der Waals surface area (Å²) in [6, 6.07) is 0. The molecule has 5 heteroatoms. The number of carbonyl (C=O) groups is 2. The predicted octanol–water partition coefficient (Wildman–Crippen LogP) is -1.03. The maximum absolute atomic E-state index is 11.3. The van der Waals surface area contributed by atoms with Crippen LogP contribution in [0.25, 0.3) is 0 Å². The van der Waals surface area contributed by atoms with Gasteiger partial charge in [0.15, 0.2) is 0 Å². The Morgan fingerprint density at radius 1 is 1.77 bits per heavy atom. The molecular formula is C8H14N2O3. The molecule has 0 bridgehead atoms. The molecule has 0 aromatic rings. The molecule has 0 spiro atoms. The van der Waals surface area contributed by atoms with Crippen LogP contribution in [0.3, 0.4) is 0 Å². The first-order chi connectivity index (χ1) is 6.19. The monoisotopic (exact) mass is 186 g/mol. The van der Waals surface area contributed by atoms with Gasteiger partial charge in [0.25, 0.3) is 0 Å². The highest BCUT2D eigenvalue weighted by molar-refractivity contribution is 5.86. The van der Waals surface area contributed by atoms with Crippen molar-refractivity contribution in [3.63, 3.8) is 0 Å². The Kier molecular flexibility index (Phi) is 3.25. The van der Waals surface area contributed by atoms with Crippen molar-refractivity contribution in [3.8, 4) is 0 Å². The lowest BCUT2D eigenvalue weighted by molar-refractivity contribution is -0.145. The van der Waals surface area contributed by atoms with Gasteiger partial charge in [-0.05, 0) is 0 Å². The van der Waals surface area contributed by atoms with Crippen molar-refractivity contribution in [3.05, 3.63) is 0 Å². The van der Waals surface area contributed by atoms with Gasteiger partial charge in [0.1, 0.15) is 0 Å². The number of ether oxygens (including phenoxy) is 1. The summed E-state index contributed by atoms with van der Waals surface area (Å²) < 4.78 is 4.56. The van der Waals surface area contributed by atoms with Crippen molar-refractivity contribution < 1.29 is 14.3 Å². The number of nitrogens with zero attached hydrogens (tertiary/aromatic N) is 1. The first-order valence-electron chi connectivity index (χ1n) is 4.24. The summed E-state index contributed by atoms with van der Waals surface area (Å²) in [5.74, 6) is -0.627. The number of nitrogens with two attached hydrogens (primary N) is 1. The zero-order valence-corrected chi connectivity index (χ0v) is 7.66. The first-order valence-corrected chi connectivity index (χ1v) is 4.24. The Bertz CT molecular complexity index is 217. The number of esters is 1. The lowest BCUT2D eigenvalue weighted by Gasteiger charge is -2.14. The van der Waals surface area contributed by atoms with Crippen molar-refractivity contribution in [1.29, 1.82) is 0 Å². The molecule has 0 radical (unpaired) electrons. The molecule has 0 aromatic carbocycles. The number of methoxy groups -OCH3 is 1. The predicted molar refractivity (Wildman–Crippen MR) is 45.8 cm³/mol. The standard InChI is InChI=1S/C8H14N2O3/c1-13-8(12)6-4-7(11)10(5-6)3-2-9/h6H,2-5,9H2,1H3. The van der Waals surface area contributed by atoms with Crippen LogP contribution in [0.1, 0.15) is 6.42 Å². The fourth-order valence-electron chi connectivity index (χ4n) is 1.47. The minimum absolute atomic E-state index is 0.0131. The van der Waals surface area contributed by atoms with Crippen LogP contribution in [-0.2, 0) is 14.3 Å². The Balaban J connectivity index is 2.49. The molecule has 0 aromatic heterocycles. The zero-order chi connectivity index (χ0) is 9.84. The van der Waals surface area contributed by atoms with Gasteiger partial charge < -0.3 is 15.4 Å². The molecule has 0 aliphatic carbocycles. The molecule has 2 N–H and O–H groups in total. The quantitative estimate of drug-likeness (QED) is 0.572. The normalized spacial score (nSPS) is 22.2. The number of likely N-dealkylation sites (tertiary alicyclic amines) is 1. The number of hydrogen-bond donors (Lipinski definition) is 1. The number of hydrogen-bond acceptors (Lipinski definition) is 4. The molecule has 5 nitrogen and oxygen atoms in total. The highest BCUT2D eigenvalue weighted by Crippen LogP contribution is 2.17. The molecule has 74 valence electrons. The van der Waals surface area contributed by atoms with Crippen LogP contribution < -0.4 is 5.73 Å². The fourth-order valence-corrected chi connectivity index (χ4v) is 1.47. The molecule has 1 aliphatic heterocycles. The molecule has 1 aliphatic rings. The Morgan fingerprint density at radius 2 is 2.46 bits per heavy atom. The summed E-state index contributed by atoms with van der Waals surface area (Å²) in [5.41, 5.74) is 5.31. The minimum Gasteiger partial charge on any atom is -0.469 e. The highest BCUT2D eigenvalue weighted by atomic mass is 16.5. The van der Waals surface area contributed by atoms with E-state index in [1.54, 1.807) is 4.90 Å². The van der Waals surface area contributed by atoms with Crippen molar-refractivity contribution in [2.45, 2.75) is 6.42 Å². The summed E-state index contributed by atoms with van der Waals surface area (Å²) in [4.78, 5) is 23.9. The van der Waals surface area contributed by atoms with Gasteiger partial charge in [-0.2, -0.15) is 0 Å². The van der Waals surface area contributed by atoms with Gasteiger partial charge in [-0.1, -0.05) is 0 Å². The number of amides is 1. The maximum Gasteiger partial charge on any atom is 0.310 e. The third-order valence-electron chi connectivity index (χ3n) is 2.15. The van der Waals surface area contributed by atoms with Crippen molar-refractivity contribution in [1.82, 2.24) is 4.90 Å². The Morgan fingerprint density at radius 3 is 3.00 bits per heavy atom. The average Bonchev–Trinajstić information content (AvgIpc) is 2.47. The lowest BCUT2D eigenvalue weighted by atomic mass is 10.1. The van der Waals surface area contributed by atoms with E-state index in [1.165, 1.54) is 7.11 Å². The minimum atomic E-state index is -0.312. The molecule has 1 amide bonds. The van der Waals surface area contributed by atoms with Crippen LogP contribution in [0, 0.1) is 5.92 Å². The van der Waals surface area contributed by atoms with Gasteiger partial charge in [0.2, 0.25) is 5.91 Å². The molecule has 1 saturated heterocycles. The van der Waals surface area contributed by atoms with Crippen molar-refractivity contribution >= 4 is 11.9 Å². The van der Waals surface area contributed by atoms with Crippen LogP contribution in [0.2, 0.25) is 0 Å². The summed E-state index contributed by atoms with van der Waals surface area (Å²) in [5, 5.41) is 0. The van der Waals surface area contributed by atoms with E-state index < -0.39 is 0 Å². The summed E-state index contributed by atoms with van der Waals surface area (Å²) in [7, 11) is 1.33. The molecule has 0 saturated carbocycles. The summed E-state index contributed by atoms with van der Waals surface area (Å²) >= 11 is 0. The SMILES string of the molecule is COC(=O)C1CC(=O)N(CCN)C1. The summed E-state index contributed by atoms with van der Waals surface area (Å²) in [6.45, 7) is 1.40. The molecule has 1 atom stereocenters. The van der Waals surface area contributed by atoms with Crippen molar-refractivity contribution in [2.75, 3.05) is 26.7 Å².